The SMILES string of the molecule is C1=C(c2c3ccccc3c(-c3ccccc3)c3ccccc23)CCc2c1oc1cc(-c3ccccc3)ccc21. The molecule has 1 aliphatic rings. The molecule has 6 aromatic carbocycles. The van der Waals surface area contributed by atoms with Gasteiger partial charge in [-0.2, -0.15) is 0 Å². The van der Waals surface area contributed by atoms with Gasteiger partial charge in [0, 0.05) is 10.9 Å². The summed E-state index contributed by atoms with van der Waals surface area (Å²) < 4.78 is 6.55. The second kappa shape index (κ2) is 8.85. The summed E-state index contributed by atoms with van der Waals surface area (Å²) in [5, 5.41) is 6.41. The topological polar surface area (TPSA) is 13.1 Å². The molecule has 1 heterocycles. The highest BCUT2D eigenvalue weighted by atomic mass is 16.3. The van der Waals surface area contributed by atoms with Gasteiger partial charge in [0.05, 0.1) is 0 Å². The Balaban J connectivity index is 1.35. The maximum Gasteiger partial charge on any atom is 0.135 e. The van der Waals surface area contributed by atoms with Crippen LogP contribution in [0.3, 0.4) is 0 Å². The van der Waals surface area contributed by atoms with Crippen LogP contribution in [0.2, 0.25) is 0 Å². The lowest BCUT2D eigenvalue weighted by molar-refractivity contribution is 0.596. The fourth-order valence-corrected chi connectivity index (χ4v) is 6.43. The van der Waals surface area contributed by atoms with Crippen LogP contribution in [-0.4, -0.2) is 0 Å². The van der Waals surface area contributed by atoms with Gasteiger partial charge in [0.15, 0.2) is 0 Å². The van der Waals surface area contributed by atoms with E-state index < -0.39 is 0 Å². The summed E-state index contributed by atoms with van der Waals surface area (Å²) in [5.74, 6) is 0.997. The summed E-state index contributed by atoms with van der Waals surface area (Å²) in [4.78, 5) is 0. The normalized spacial score (nSPS) is 13.1. The van der Waals surface area contributed by atoms with Crippen LogP contribution in [0.25, 0.3) is 66.4 Å². The Labute approximate surface area is 227 Å². The van der Waals surface area contributed by atoms with E-state index in [9.17, 15) is 0 Å². The lowest BCUT2D eigenvalue weighted by Crippen LogP contribution is -1.99. The molecule has 1 aromatic heterocycles. The minimum absolute atomic E-state index is 0.966. The van der Waals surface area contributed by atoms with E-state index in [4.69, 9.17) is 4.42 Å². The summed E-state index contributed by atoms with van der Waals surface area (Å²) in [6, 6.07) is 45.7. The Bertz CT molecular complexity index is 1990. The van der Waals surface area contributed by atoms with E-state index in [2.05, 4.69) is 133 Å². The smallest absolute Gasteiger partial charge is 0.135 e. The summed E-state index contributed by atoms with van der Waals surface area (Å²) in [7, 11) is 0. The van der Waals surface area contributed by atoms with Crippen LogP contribution in [0.5, 0.6) is 0 Å². The Kier molecular flexibility index (Phi) is 5.03. The third-order valence-corrected chi connectivity index (χ3v) is 8.20. The average Bonchev–Trinajstić information content (AvgIpc) is 3.37. The molecule has 7 aromatic rings. The van der Waals surface area contributed by atoms with Gasteiger partial charge in [0.25, 0.3) is 0 Å². The average molecular weight is 499 g/mol. The summed E-state index contributed by atoms with van der Waals surface area (Å²) in [6.07, 6.45) is 4.26. The molecule has 0 aliphatic heterocycles. The zero-order chi connectivity index (χ0) is 25.8. The number of aryl methyl sites for hydroxylation is 1. The van der Waals surface area contributed by atoms with Gasteiger partial charge in [-0.1, -0.05) is 121 Å². The summed E-state index contributed by atoms with van der Waals surface area (Å²) >= 11 is 0. The maximum absolute atomic E-state index is 6.55. The van der Waals surface area contributed by atoms with Crippen molar-refractivity contribution in [3.63, 3.8) is 0 Å². The molecule has 0 amide bonds. The van der Waals surface area contributed by atoms with Crippen molar-refractivity contribution >= 4 is 44.2 Å². The molecule has 39 heavy (non-hydrogen) atoms. The van der Waals surface area contributed by atoms with E-state index in [0.717, 1.165) is 24.2 Å². The second-order valence-corrected chi connectivity index (χ2v) is 10.4. The molecular weight excluding hydrogens is 472 g/mol. The molecule has 0 saturated carbocycles. The highest BCUT2D eigenvalue weighted by molar-refractivity contribution is 6.19. The van der Waals surface area contributed by atoms with Crippen molar-refractivity contribution < 1.29 is 4.42 Å². The maximum atomic E-state index is 6.55. The first kappa shape index (κ1) is 22.1. The molecule has 0 saturated heterocycles. The van der Waals surface area contributed by atoms with Gasteiger partial charge in [-0.15, -0.1) is 0 Å². The Morgan fingerprint density at radius 1 is 0.436 bits per heavy atom. The third-order valence-electron chi connectivity index (χ3n) is 8.20. The number of rotatable bonds is 3. The van der Waals surface area contributed by atoms with Gasteiger partial charge in [0.2, 0.25) is 0 Å². The van der Waals surface area contributed by atoms with Crippen molar-refractivity contribution in [2.75, 3.05) is 0 Å². The fourth-order valence-electron chi connectivity index (χ4n) is 6.43. The molecule has 0 atom stereocenters. The number of hydrogen-bond acceptors (Lipinski definition) is 1. The van der Waals surface area contributed by atoms with Crippen LogP contribution in [0.1, 0.15) is 23.3 Å². The summed E-state index contributed by atoms with van der Waals surface area (Å²) in [6.45, 7) is 0. The van der Waals surface area contributed by atoms with Crippen molar-refractivity contribution in [2.24, 2.45) is 0 Å². The first-order chi connectivity index (χ1) is 19.3. The van der Waals surface area contributed by atoms with Crippen molar-refractivity contribution in [3.05, 3.63) is 144 Å². The Hall–Kier alpha value is -4.88. The minimum Gasteiger partial charge on any atom is -0.456 e. The standard InChI is InChI=1S/C38H26O/c1-3-11-25(12-4-1)27-19-21-29-30-22-20-28(24-36(30)39-35(29)23-27)38-33-17-9-7-15-31(33)37(26-13-5-2-6-14-26)32-16-8-10-18-34(32)38/h1-19,21,23-24H,20,22H2. The van der Waals surface area contributed by atoms with Gasteiger partial charge in [-0.25, -0.2) is 0 Å². The van der Waals surface area contributed by atoms with Crippen LogP contribution in [0.4, 0.5) is 0 Å². The molecule has 0 bridgehead atoms. The number of hydrogen-bond donors (Lipinski definition) is 0. The second-order valence-electron chi connectivity index (χ2n) is 10.4. The zero-order valence-electron chi connectivity index (χ0n) is 21.5. The molecular formula is C38H26O. The van der Waals surface area contributed by atoms with E-state index in [0.29, 0.717) is 0 Å². The van der Waals surface area contributed by atoms with E-state index in [-0.39, 0.29) is 0 Å². The van der Waals surface area contributed by atoms with E-state index in [1.54, 1.807) is 0 Å². The zero-order valence-corrected chi connectivity index (χ0v) is 21.5. The number of benzene rings is 6. The first-order valence-electron chi connectivity index (χ1n) is 13.7. The van der Waals surface area contributed by atoms with Crippen molar-refractivity contribution in [3.8, 4) is 22.3 Å². The lowest BCUT2D eigenvalue weighted by Gasteiger charge is -2.21. The molecule has 1 nitrogen and oxygen atoms in total. The van der Waals surface area contributed by atoms with Crippen LogP contribution < -0.4 is 0 Å². The molecule has 0 radical (unpaired) electrons. The monoisotopic (exact) mass is 498 g/mol. The van der Waals surface area contributed by atoms with Gasteiger partial charge >= 0.3 is 0 Å². The molecule has 0 unspecified atom stereocenters. The van der Waals surface area contributed by atoms with Gasteiger partial charge in [0.1, 0.15) is 11.3 Å². The number of fused-ring (bicyclic) bond motifs is 5. The largest absolute Gasteiger partial charge is 0.456 e. The number of allylic oxidation sites excluding steroid dienone is 1. The first-order valence-corrected chi connectivity index (χ1v) is 13.7. The molecule has 8 rings (SSSR count). The molecule has 0 N–H and O–H groups in total. The highest BCUT2D eigenvalue weighted by Gasteiger charge is 2.23. The molecule has 0 spiro atoms. The highest BCUT2D eigenvalue weighted by Crippen LogP contribution is 2.45. The predicted octanol–water partition coefficient (Wildman–Crippen LogP) is 10.6. The van der Waals surface area contributed by atoms with Crippen LogP contribution in [0.15, 0.2) is 132 Å². The summed E-state index contributed by atoms with van der Waals surface area (Å²) in [5.41, 5.74) is 9.92. The lowest BCUT2D eigenvalue weighted by atomic mass is 9.82. The fraction of sp³-hybridized carbons (Fsp3) is 0.0526. The Morgan fingerprint density at radius 3 is 1.64 bits per heavy atom. The minimum atomic E-state index is 0.966. The van der Waals surface area contributed by atoms with E-state index in [1.807, 2.05) is 0 Å². The Morgan fingerprint density at radius 2 is 1.00 bits per heavy atom. The third kappa shape index (κ3) is 3.55. The quantitative estimate of drug-likeness (QED) is 0.221. The van der Waals surface area contributed by atoms with E-state index in [1.165, 1.54) is 65.9 Å². The van der Waals surface area contributed by atoms with Gasteiger partial charge < -0.3 is 4.42 Å². The molecule has 1 aliphatic carbocycles. The van der Waals surface area contributed by atoms with Crippen LogP contribution in [-0.2, 0) is 6.42 Å². The van der Waals surface area contributed by atoms with Gasteiger partial charge in [-0.05, 0) is 79.9 Å². The van der Waals surface area contributed by atoms with E-state index >= 15 is 0 Å². The van der Waals surface area contributed by atoms with Crippen LogP contribution in [0, 0.1) is 0 Å². The molecule has 184 valence electrons. The predicted molar refractivity (Wildman–Crippen MR) is 165 cm³/mol. The number of furan rings is 1. The van der Waals surface area contributed by atoms with Crippen molar-refractivity contribution in [2.45, 2.75) is 12.8 Å². The van der Waals surface area contributed by atoms with Crippen molar-refractivity contribution in [1.82, 2.24) is 0 Å². The van der Waals surface area contributed by atoms with Crippen LogP contribution >= 0.6 is 0 Å². The molecule has 0 fully saturated rings. The van der Waals surface area contributed by atoms with Crippen molar-refractivity contribution in [1.29, 1.82) is 0 Å². The molecule has 1 heteroatoms. The van der Waals surface area contributed by atoms with Gasteiger partial charge in [-0.3, -0.25) is 0 Å².